The zero-order chi connectivity index (χ0) is 17.4. The van der Waals surface area contributed by atoms with Crippen LogP contribution < -0.4 is 0 Å². The van der Waals surface area contributed by atoms with Gasteiger partial charge in [-0.1, -0.05) is 31.1 Å². The fourth-order valence-corrected chi connectivity index (χ4v) is 2.19. The standard InChI is InChI=1S/C16H20FN3O3/c1-4-23-16(22)13(15(21)10(2)3)9-14(19-20-18)11-5-7-12(17)8-6-11/h5-8,10,13-14H,4,9H2,1-3H3. The van der Waals surface area contributed by atoms with E-state index in [1.54, 1.807) is 20.8 Å². The number of halogens is 1. The predicted molar refractivity (Wildman–Crippen MR) is 82.9 cm³/mol. The van der Waals surface area contributed by atoms with Crippen LogP contribution in [0.15, 0.2) is 29.4 Å². The van der Waals surface area contributed by atoms with Crippen LogP contribution in [0.1, 0.15) is 38.8 Å². The van der Waals surface area contributed by atoms with Crippen LogP contribution in [0.2, 0.25) is 0 Å². The highest BCUT2D eigenvalue weighted by molar-refractivity contribution is 5.99. The van der Waals surface area contributed by atoms with Crippen LogP contribution >= 0.6 is 0 Å². The molecule has 2 atom stereocenters. The average Bonchev–Trinajstić information content (AvgIpc) is 2.51. The fourth-order valence-electron chi connectivity index (χ4n) is 2.19. The molecule has 0 spiro atoms. The first-order valence-corrected chi connectivity index (χ1v) is 7.40. The zero-order valence-electron chi connectivity index (χ0n) is 13.4. The molecule has 23 heavy (non-hydrogen) atoms. The topological polar surface area (TPSA) is 92.1 Å². The van der Waals surface area contributed by atoms with Crippen molar-refractivity contribution >= 4 is 11.8 Å². The second-order valence-electron chi connectivity index (χ2n) is 5.37. The van der Waals surface area contributed by atoms with Gasteiger partial charge in [0.25, 0.3) is 0 Å². The van der Waals surface area contributed by atoms with Crippen molar-refractivity contribution in [2.24, 2.45) is 17.0 Å². The number of benzene rings is 1. The minimum Gasteiger partial charge on any atom is -0.465 e. The zero-order valence-corrected chi connectivity index (χ0v) is 13.4. The van der Waals surface area contributed by atoms with Crippen LogP contribution in [0.3, 0.4) is 0 Å². The van der Waals surface area contributed by atoms with Crippen LogP contribution in [0.5, 0.6) is 0 Å². The number of rotatable bonds is 8. The lowest BCUT2D eigenvalue weighted by molar-refractivity contribution is -0.152. The second kappa shape index (κ2) is 8.90. The monoisotopic (exact) mass is 321 g/mol. The summed E-state index contributed by atoms with van der Waals surface area (Å²) in [4.78, 5) is 27.1. The number of Topliss-reactive ketones (excluding diaryl/α,β-unsaturated/α-hetero) is 1. The summed E-state index contributed by atoms with van der Waals surface area (Å²) >= 11 is 0. The summed E-state index contributed by atoms with van der Waals surface area (Å²) in [5, 5.41) is 3.65. The molecule has 0 aliphatic carbocycles. The normalized spacial score (nSPS) is 13.1. The van der Waals surface area contributed by atoms with Gasteiger partial charge in [-0.05, 0) is 36.6 Å². The molecule has 1 aromatic rings. The number of carbonyl (C=O) groups is 2. The molecule has 6 nitrogen and oxygen atoms in total. The Morgan fingerprint density at radius 2 is 1.91 bits per heavy atom. The SMILES string of the molecule is CCOC(=O)C(CC(N=[N+]=[N-])c1ccc(F)cc1)C(=O)C(C)C. The Balaban J connectivity index is 3.09. The van der Waals surface area contributed by atoms with E-state index in [4.69, 9.17) is 10.3 Å². The molecule has 0 heterocycles. The molecule has 7 heteroatoms. The predicted octanol–water partition coefficient (Wildman–Crippen LogP) is 3.97. The lowest BCUT2D eigenvalue weighted by Crippen LogP contribution is -2.30. The number of esters is 1. The maximum Gasteiger partial charge on any atom is 0.316 e. The first-order valence-electron chi connectivity index (χ1n) is 7.40. The summed E-state index contributed by atoms with van der Waals surface area (Å²) in [5.74, 6) is -2.70. The number of hydrogen-bond donors (Lipinski definition) is 0. The maximum atomic E-state index is 13.0. The molecule has 124 valence electrons. The van der Waals surface area contributed by atoms with Gasteiger partial charge in [0.05, 0.1) is 12.6 Å². The Hall–Kier alpha value is -2.40. The molecule has 0 amide bonds. The van der Waals surface area contributed by atoms with Gasteiger partial charge in [0, 0.05) is 10.8 Å². The van der Waals surface area contributed by atoms with Gasteiger partial charge in [-0.2, -0.15) is 0 Å². The lowest BCUT2D eigenvalue weighted by Gasteiger charge is -2.20. The Bertz CT molecular complexity index is 595. The molecular weight excluding hydrogens is 301 g/mol. The van der Waals surface area contributed by atoms with E-state index in [1.165, 1.54) is 24.3 Å². The Morgan fingerprint density at radius 3 is 2.39 bits per heavy atom. The molecule has 1 aromatic carbocycles. The average molecular weight is 321 g/mol. The van der Waals surface area contributed by atoms with E-state index >= 15 is 0 Å². The first-order chi connectivity index (χ1) is 10.9. The highest BCUT2D eigenvalue weighted by Crippen LogP contribution is 2.28. The third-order valence-electron chi connectivity index (χ3n) is 3.39. The van der Waals surface area contributed by atoms with E-state index in [-0.39, 0.29) is 24.7 Å². The van der Waals surface area contributed by atoms with Crippen molar-refractivity contribution in [2.45, 2.75) is 33.2 Å². The van der Waals surface area contributed by atoms with Gasteiger partial charge in [0.2, 0.25) is 0 Å². The summed E-state index contributed by atoms with van der Waals surface area (Å²) in [7, 11) is 0. The highest BCUT2D eigenvalue weighted by atomic mass is 19.1. The third kappa shape index (κ3) is 5.38. The molecule has 2 unspecified atom stereocenters. The Morgan fingerprint density at radius 1 is 1.30 bits per heavy atom. The number of carbonyl (C=O) groups excluding carboxylic acids is 2. The lowest BCUT2D eigenvalue weighted by atomic mass is 9.87. The number of ether oxygens (including phenoxy) is 1. The van der Waals surface area contributed by atoms with Gasteiger partial charge in [-0.3, -0.25) is 9.59 Å². The van der Waals surface area contributed by atoms with Crippen molar-refractivity contribution in [2.75, 3.05) is 6.61 Å². The number of azide groups is 1. The second-order valence-corrected chi connectivity index (χ2v) is 5.37. The van der Waals surface area contributed by atoms with Gasteiger partial charge in [-0.25, -0.2) is 4.39 Å². The molecule has 0 aliphatic heterocycles. The van der Waals surface area contributed by atoms with E-state index in [9.17, 15) is 14.0 Å². The van der Waals surface area contributed by atoms with Crippen LogP contribution in [0.4, 0.5) is 4.39 Å². The van der Waals surface area contributed by atoms with Crippen molar-refractivity contribution < 1.29 is 18.7 Å². The van der Waals surface area contributed by atoms with Crippen LogP contribution in [0.25, 0.3) is 10.4 Å². The Labute approximate surface area is 134 Å². The summed E-state index contributed by atoms with van der Waals surface area (Å²) in [6.07, 6.45) is -0.00839. The molecule has 0 saturated heterocycles. The van der Waals surface area contributed by atoms with Crippen molar-refractivity contribution in [3.63, 3.8) is 0 Å². The van der Waals surface area contributed by atoms with Crippen LogP contribution in [-0.2, 0) is 14.3 Å². The highest BCUT2D eigenvalue weighted by Gasteiger charge is 2.32. The van der Waals surface area contributed by atoms with Gasteiger partial charge in [0.1, 0.15) is 17.5 Å². The molecule has 0 N–H and O–H groups in total. The molecule has 0 bridgehead atoms. The van der Waals surface area contributed by atoms with Crippen LogP contribution in [-0.4, -0.2) is 18.4 Å². The summed E-state index contributed by atoms with van der Waals surface area (Å²) in [5.41, 5.74) is 9.28. The number of ketones is 1. The Kier molecular flexibility index (Phi) is 7.22. The van der Waals surface area contributed by atoms with E-state index in [1.807, 2.05) is 0 Å². The smallest absolute Gasteiger partial charge is 0.316 e. The number of nitrogens with zero attached hydrogens (tertiary/aromatic N) is 3. The van der Waals surface area contributed by atoms with E-state index in [0.29, 0.717) is 5.56 Å². The van der Waals surface area contributed by atoms with E-state index in [2.05, 4.69) is 10.0 Å². The molecule has 0 aliphatic rings. The molecule has 0 aromatic heterocycles. The summed E-state index contributed by atoms with van der Waals surface area (Å²) in [6.45, 7) is 5.19. The quantitative estimate of drug-likeness (QED) is 0.238. The number of hydrogen-bond acceptors (Lipinski definition) is 4. The van der Waals surface area contributed by atoms with Gasteiger partial charge in [0.15, 0.2) is 0 Å². The van der Waals surface area contributed by atoms with Gasteiger partial charge < -0.3 is 4.74 Å². The largest absolute Gasteiger partial charge is 0.465 e. The summed E-state index contributed by atoms with van der Waals surface area (Å²) in [6, 6.07) is 4.66. The summed E-state index contributed by atoms with van der Waals surface area (Å²) < 4.78 is 18.0. The minimum absolute atomic E-state index is 0.00839. The molecule has 0 radical (unpaired) electrons. The molecule has 0 fully saturated rings. The van der Waals surface area contributed by atoms with E-state index < -0.39 is 23.7 Å². The van der Waals surface area contributed by atoms with Gasteiger partial charge >= 0.3 is 5.97 Å². The third-order valence-corrected chi connectivity index (χ3v) is 3.39. The van der Waals surface area contributed by atoms with Crippen LogP contribution in [0, 0.1) is 17.7 Å². The molecule has 1 rings (SSSR count). The maximum absolute atomic E-state index is 13.0. The molecule has 0 saturated carbocycles. The van der Waals surface area contributed by atoms with Crippen molar-refractivity contribution in [1.82, 2.24) is 0 Å². The van der Waals surface area contributed by atoms with Gasteiger partial charge in [-0.15, -0.1) is 0 Å². The van der Waals surface area contributed by atoms with Crippen molar-refractivity contribution in [3.8, 4) is 0 Å². The minimum atomic E-state index is -1.02. The fraction of sp³-hybridized carbons (Fsp3) is 0.500. The van der Waals surface area contributed by atoms with Crippen molar-refractivity contribution in [3.05, 3.63) is 46.1 Å². The van der Waals surface area contributed by atoms with E-state index in [0.717, 1.165) is 0 Å². The van der Waals surface area contributed by atoms with Crippen molar-refractivity contribution in [1.29, 1.82) is 0 Å². The molecular formula is C16H20FN3O3. The first kappa shape index (κ1) is 18.6.